The van der Waals surface area contributed by atoms with Crippen molar-refractivity contribution in [1.29, 1.82) is 0 Å². The van der Waals surface area contributed by atoms with Crippen molar-refractivity contribution in [2.75, 3.05) is 7.11 Å². The summed E-state index contributed by atoms with van der Waals surface area (Å²) in [5, 5.41) is 20.4. The molecule has 0 aliphatic carbocycles. The minimum atomic E-state index is -0.220. The van der Waals surface area contributed by atoms with Crippen LogP contribution < -0.4 is 4.74 Å². The summed E-state index contributed by atoms with van der Waals surface area (Å²) in [6.07, 6.45) is 0. The lowest BCUT2D eigenvalue weighted by Gasteiger charge is -2.12. The fourth-order valence-electron chi connectivity index (χ4n) is 1.72. The lowest BCUT2D eigenvalue weighted by Crippen LogP contribution is -2.06. The van der Waals surface area contributed by atoms with Gasteiger partial charge in [-0.25, -0.2) is 0 Å². The van der Waals surface area contributed by atoms with Crippen LogP contribution in [0.2, 0.25) is 0 Å². The predicted octanol–water partition coefficient (Wildman–Crippen LogP) is 1.29. The first-order valence-electron chi connectivity index (χ1n) is 5.73. The molecule has 2 rings (SSSR count). The molecule has 0 unspecified atom stereocenters. The number of tetrazole rings is 1. The fourth-order valence-corrected chi connectivity index (χ4v) is 1.72. The van der Waals surface area contributed by atoms with Gasteiger partial charge in [-0.15, -0.1) is 5.10 Å². The number of rotatable bonds is 4. The number of ether oxygens (including phenoxy) is 1. The molecule has 0 spiro atoms. The monoisotopic (exact) mass is 248 g/mol. The summed E-state index contributed by atoms with van der Waals surface area (Å²) >= 11 is 0. The van der Waals surface area contributed by atoms with Crippen LogP contribution in [0.5, 0.6) is 5.75 Å². The summed E-state index contributed by atoms with van der Waals surface area (Å²) < 4.78 is 6.80. The number of aliphatic hydroxyl groups excluding tert-OH is 1. The van der Waals surface area contributed by atoms with Gasteiger partial charge in [0.25, 0.3) is 0 Å². The van der Waals surface area contributed by atoms with Crippen molar-refractivity contribution in [2.45, 2.75) is 26.4 Å². The van der Waals surface area contributed by atoms with Gasteiger partial charge in [0.05, 0.1) is 7.11 Å². The Labute approximate surface area is 105 Å². The maximum Gasteiger partial charge on any atom is 0.182 e. The highest BCUT2D eigenvalue weighted by Crippen LogP contribution is 2.27. The van der Waals surface area contributed by atoms with Crippen LogP contribution in [-0.2, 0) is 6.61 Å². The quantitative estimate of drug-likeness (QED) is 0.882. The van der Waals surface area contributed by atoms with Crippen LogP contribution in [0.1, 0.15) is 31.2 Å². The third kappa shape index (κ3) is 2.19. The zero-order valence-electron chi connectivity index (χ0n) is 10.7. The van der Waals surface area contributed by atoms with E-state index in [1.807, 2.05) is 18.2 Å². The van der Waals surface area contributed by atoms with Crippen molar-refractivity contribution in [1.82, 2.24) is 20.2 Å². The molecule has 96 valence electrons. The second-order valence-corrected chi connectivity index (χ2v) is 4.25. The van der Waals surface area contributed by atoms with E-state index < -0.39 is 0 Å². The van der Waals surface area contributed by atoms with Gasteiger partial charge in [-0.3, -0.25) is 0 Å². The van der Waals surface area contributed by atoms with Crippen molar-refractivity contribution in [3.8, 4) is 11.4 Å². The van der Waals surface area contributed by atoms with Crippen LogP contribution in [0.4, 0.5) is 0 Å². The Kier molecular flexibility index (Phi) is 3.57. The summed E-state index contributed by atoms with van der Waals surface area (Å²) in [4.78, 5) is 0. The molecule has 0 aliphatic rings. The second kappa shape index (κ2) is 5.14. The van der Waals surface area contributed by atoms with Crippen LogP contribution >= 0.6 is 0 Å². The fraction of sp³-hybridized carbons (Fsp3) is 0.417. The Morgan fingerprint density at radius 3 is 2.78 bits per heavy atom. The molecule has 0 atom stereocenters. The molecule has 0 amide bonds. The molecule has 1 heterocycles. The van der Waals surface area contributed by atoms with Crippen LogP contribution in [0.15, 0.2) is 18.2 Å². The number of aromatic nitrogens is 4. The Balaban J connectivity index is 2.57. The number of nitrogens with zero attached hydrogens (tertiary/aromatic N) is 4. The highest BCUT2D eigenvalue weighted by Gasteiger charge is 2.13. The number of benzene rings is 1. The van der Waals surface area contributed by atoms with Crippen LogP contribution in [0.25, 0.3) is 5.69 Å². The second-order valence-electron chi connectivity index (χ2n) is 4.25. The van der Waals surface area contributed by atoms with E-state index in [-0.39, 0.29) is 6.61 Å². The Morgan fingerprint density at radius 1 is 1.39 bits per heavy atom. The van der Waals surface area contributed by atoms with Gasteiger partial charge in [0.2, 0.25) is 0 Å². The molecule has 0 saturated carbocycles. The van der Waals surface area contributed by atoms with E-state index in [2.05, 4.69) is 29.4 Å². The van der Waals surface area contributed by atoms with Gasteiger partial charge >= 0.3 is 0 Å². The average Bonchev–Trinajstić information content (AvgIpc) is 2.85. The molecular weight excluding hydrogens is 232 g/mol. The van der Waals surface area contributed by atoms with Gasteiger partial charge in [-0.1, -0.05) is 19.9 Å². The number of methoxy groups -OCH3 is 1. The minimum Gasteiger partial charge on any atom is -0.494 e. The van der Waals surface area contributed by atoms with E-state index >= 15 is 0 Å². The van der Waals surface area contributed by atoms with Crippen molar-refractivity contribution >= 4 is 0 Å². The van der Waals surface area contributed by atoms with Crippen molar-refractivity contribution in [2.24, 2.45) is 0 Å². The van der Waals surface area contributed by atoms with Crippen LogP contribution in [0, 0.1) is 0 Å². The molecule has 0 aliphatic heterocycles. The summed E-state index contributed by atoms with van der Waals surface area (Å²) in [6.45, 7) is 4.00. The molecular formula is C12H16N4O2. The molecule has 1 aromatic carbocycles. The van der Waals surface area contributed by atoms with E-state index in [1.54, 1.807) is 7.11 Å². The van der Waals surface area contributed by atoms with E-state index in [0.29, 0.717) is 17.5 Å². The topological polar surface area (TPSA) is 73.1 Å². The predicted molar refractivity (Wildman–Crippen MR) is 65.7 cm³/mol. The molecule has 1 N–H and O–H groups in total. The molecule has 0 bridgehead atoms. The standard InChI is InChI=1S/C12H16N4O2/c1-8(2)9-4-5-11(18-3)10(6-9)16-12(7-17)13-14-15-16/h4-6,8,17H,7H2,1-3H3. The molecule has 6 heteroatoms. The Bertz CT molecular complexity index is 537. The molecule has 2 aromatic rings. The molecule has 18 heavy (non-hydrogen) atoms. The van der Waals surface area contributed by atoms with Gasteiger partial charge < -0.3 is 9.84 Å². The highest BCUT2D eigenvalue weighted by molar-refractivity contribution is 5.49. The highest BCUT2D eigenvalue weighted by atomic mass is 16.5. The average molecular weight is 248 g/mol. The molecule has 0 radical (unpaired) electrons. The maximum absolute atomic E-state index is 9.21. The maximum atomic E-state index is 9.21. The lowest BCUT2D eigenvalue weighted by atomic mass is 10.0. The van der Waals surface area contributed by atoms with Crippen molar-refractivity contribution in [3.63, 3.8) is 0 Å². The molecule has 0 saturated heterocycles. The first-order chi connectivity index (χ1) is 8.67. The van der Waals surface area contributed by atoms with Crippen LogP contribution in [0.3, 0.4) is 0 Å². The van der Waals surface area contributed by atoms with E-state index in [1.165, 1.54) is 4.68 Å². The third-order valence-electron chi connectivity index (χ3n) is 2.77. The van der Waals surface area contributed by atoms with E-state index in [0.717, 1.165) is 11.3 Å². The Morgan fingerprint density at radius 2 is 2.17 bits per heavy atom. The van der Waals surface area contributed by atoms with Gasteiger partial charge in [0.15, 0.2) is 5.82 Å². The number of aliphatic hydroxyl groups is 1. The van der Waals surface area contributed by atoms with E-state index in [4.69, 9.17) is 4.74 Å². The summed E-state index contributed by atoms with van der Waals surface area (Å²) in [5.41, 5.74) is 1.89. The molecule has 6 nitrogen and oxygen atoms in total. The van der Waals surface area contributed by atoms with E-state index in [9.17, 15) is 5.11 Å². The van der Waals surface area contributed by atoms with Gasteiger partial charge in [-0.2, -0.15) is 4.68 Å². The zero-order chi connectivity index (χ0) is 13.1. The number of hydrogen-bond acceptors (Lipinski definition) is 5. The summed E-state index contributed by atoms with van der Waals surface area (Å²) in [5.74, 6) is 1.44. The SMILES string of the molecule is COc1ccc(C(C)C)cc1-n1nnnc1CO. The van der Waals surface area contributed by atoms with Crippen molar-refractivity contribution in [3.05, 3.63) is 29.6 Å². The Hall–Kier alpha value is -1.95. The lowest BCUT2D eigenvalue weighted by molar-refractivity contribution is 0.267. The van der Waals surface area contributed by atoms with Gasteiger partial charge in [0.1, 0.15) is 18.0 Å². The number of hydrogen-bond donors (Lipinski definition) is 1. The minimum absolute atomic E-state index is 0.220. The van der Waals surface area contributed by atoms with Crippen molar-refractivity contribution < 1.29 is 9.84 Å². The first-order valence-corrected chi connectivity index (χ1v) is 5.73. The molecule has 0 fully saturated rings. The van der Waals surface area contributed by atoms with Gasteiger partial charge in [0, 0.05) is 0 Å². The first kappa shape index (κ1) is 12.5. The molecule has 1 aromatic heterocycles. The van der Waals surface area contributed by atoms with Gasteiger partial charge in [-0.05, 0) is 34.0 Å². The summed E-state index contributed by atoms with van der Waals surface area (Å²) in [6, 6.07) is 5.86. The smallest absolute Gasteiger partial charge is 0.182 e. The normalized spacial score (nSPS) is 10.9. The largest absolute Gasteiger partial charge is 0.494 e. The third-order valence-corrected chi connectivity index (χ3v) is 2.77. The zero-order valence-corrected chi connectivity index (χ0v) is 10.7. The van der Waals surface area contributed by atoms with Crippen LogP contribution in [-0.4, -0.2) is 32.4 Å². The summed E-state index contributed by atoms with van der Waals surface area (Å²) in [7, 11) is 1.59.